The Kier molecular flexibility index (Phi) is 7.99. The van der Waals surface area contributed by atoms with Crippen LogP contribution in [0.15, 0.2) is 77.3 Å². The van der Waals surface area contributed by atoms with Crippen molar-refractivity contribution in [1.82, 2.24) is 0 Å². The van der Waals surface area contributed by atoms with Crippen LogP contribution in [0, 0.1) is 0 Å². The second-order valence-corrected chi connectivity index (χ2v) is 7.52. The van der Waals surface area contributed by atoms with Crippen molar-refractivity contribution in [2.45, 2.75) is 0 Å². The summed E-state index contributed by atoms with van der Waals surface area (Å²) in [5, 5.41) is 2.71. The van der Waals surface area contributed by atoms with Gasteiger partial charge in [-0.2, -0.15) is 0 Å². The second kappa shape index (κ2) is 11.1. The van der Waals surface area contributed by atoms with Crippen LogP contribution in [-0.4, -0.2) is 38.0 Å². The van der Waals surface area contributed by atoms with Crippen molar-refractivity contribution in [3.05, 3.63) is 88.4 Å². The van der Waals surface area contributed by atoms with Gasteiger partial charge in [0, 0.05) is 21.8 Å². The number of ether oxygens (including phenoxy) is 3. The maximum Gasteiger partial charge on any atom is 0.338 e. The van der Waals surface area contributed by atoms with E-state index in [0.717, 1.165) is 4.47 Å². The van der Waals surface area contributed by atoms with Gasteiger partial charge < -0.3 is 19.5 Å². The lowest BCUT2D eigenvalue weighted by Gasteiger charge is -2.09. The van der Waals surface area contributed by atoms with Crippen molar-refractivity contribution in [2.24, 2.45) is 0 Å². The Balaban J connectivity index is 1.46. The molecule has 0 aliphatic heterocycles. The lowest BCUT2D eigenvalue weighted by molar-refractivity contribution is -0.118. The van der Waals surface area contributed by atoms with Gasteiger partial charge in [0.15, 0.2) is 19.0 Å². The van der Waals surface area contributed by atoms with E-state index in [4.69, 9.17) is 14.2 Å². The van der Waals surface area contributed by atoms with Gasteiger partial charge in [0.2, 0.25) is 0 Å². The smallest absolute Gasteiger partial charge is 0.338 e. The lowest BCUT2D eigenvalue weighted by atomic mass is 10.1. The van der Waals surface area contributed by atoms with Crippen LogP contribution in [0.1, 0.15) is 20.7 Å². The fraction of sp³-hybridized carbons (Fsp3) is 0.125. The summed E-state index contributed by atoms with van der Waals surface area (Å²) in [4.78, 5) is 36.3. The minimum Gasteiger partial charge on any atom is -0.497 e. The molecule has 0 aliphatic carbocycles. The number of amides is 1. The van der Waals surface area contributed by atoms with Crippen molar-refractivity contribution in [3.8, 4) is 11.5 Å². The van der Waals surface area contributed by atoms with Gasteiger partial charge >= 0.3 is 5.97 Å². The van der Waals surface area contributed by atoms with Crippen LogP contribution < -0.4 is 14.8 Å². The second-order valence-electron chi connectivity index (χ2n) is 6.60. The van der Waals surface area contributed by atoms with Gasteiger partial charge in [-0.25, -0.2) is 4.79 Å². The number of methoxy groups -OCH3 is 1. The number of carbonyl (C=O) groups is 3. The predicted octanol–water partition coefficient (Wildman–Crippen LogP) is 4.51. The average Bonchev–Trinajstić information content (AvgIpc) is 2.82. The quantitative estimate of drug-likeness (QED) is 0.345. The third-order valence-electron chi connectivity index (χ3n) is 4.31. The van der Waals surface area contributed by atoms with Gasteiger partial charge in [-0.15, -0.1) is 0 Å². The van der Waals surface area contributed by atoms with Crippen molar-refractivity contribution in [2.75, 3.05) is 25.6 Å². The summed E-state index contributed by atoms with van der Waals surface area (Å²) in [6.07, 6.45) is 0. The number of anilines is 1. The summed E-state index contributed by atoms with van der Waals surface area (Å²) in [6, 6.07) is 19.8. The Morgan fingerprint density at radius 2 is 1.53 bits per heavy atom. The van der Waals surface area contributed by atoms with Gasteiger partial charge in [-0.05, 0) is 48.5 Å². The number of ketones is 1. The highest BCUT2D eigenvalue weighted by atomic mass is 79.9. The van der Waals surface area contributed by atoms with Crippen molar-refractivity contribution >= 4 is 39.3 Å². The number of hydrogen-bond acceptors (Lipinski definition) is 6. The van der Waals surface area contributed by atoms with Gasteiger partial charge in [0.25, 0.3) is 5.91 Å². The van der Waals surface area contributed by atoms with E-state index >= 15 is 0 Å². The number of carbonyl (C=O) groups excluding carboxylic acids is 3. The van der Waals surface area contributed by atoms with Crippen LogP contribution >= 0.6 is 15.9 Å². The van der Waals surface area contributed by atoms with Crippen LogP contribution in [0.5, 0.6) is 11.5 Å². The van der Waals surface area contributed by atoms with Gasteiger partial charge in [-0.3, -0.25) is 9.59 Å². The standard InChI is InChI=1S/C24H20BrNO6/c1-30-21-4-2-3-19(13-21)26-23(28)15-31-20-11-7-17(8-12-20)24(29)32-14-22(27)16-5-9-18(25)10-6-16/h2-13H,14-15H2,1H3,(H,26,28). The molecule has 32 heavy (non-hydrogen) atoms. The highest BCUT2D eigenvalue weighted by Gasteiger charge is 2.12. The molecular weight excluding hydrogens is 478 g/mol. The zero-order valence-corrected chi connectivity index (χ0v) is 18.8. The third kappa shape index (κ3) is 6.68. The molecule has 0 fully saturated rings. The summed E-state index contributed by atoms with van der Waals surface area (Å²) in [5.74, 6) is -0.225. The summed E-state index contributed by atoms with van der Waals surface area (Å²) in [6.45, 7) is -0.564. The van der Waals surface area contributed by atoms with E-state index in [2.05, 4.69) is 21.2 Å². The molecule has 0 saturated carbocycles. The molecule has 1 N–H and O–H groups in total. The molecule has 3 aromatic rings. The molecule has 1 amide bonds. The molecule has 0 aromatic heterocycles. The molecule has 8 heteroatoms. The average molecular weight is 498 g/mol. The van der Waals surface area contributed by atoms with Crippen molar-refractivity contribution in [1.29, 1.82) is 0 Å². The Hall–Kier alpha value is -3.65. The van der Waals surface area contributed by atoms with E-state index < -0.39 is 5.97 Å². The van der Waals surface area contributed by atoms with E-state index in [1.54, 1.807) is 67.8 Å². The predicted molar refractivity (Wildman–Crippen MR) is 122 cm³/mol. The first-order valence-corrected chi connectivity index (χ1v) is 10.4. The van der Waals surface area contributed by atoms with Gasteiger partial charge in [0.05, 0.1) is 12.7 Å². The molecule has 0 spiro atoms. The highest BCUT2D eigenvalue weighted by Crippen LogP contribution is 2.17. The Morgan fingerprint density at radius 3 is 2.22 bits per heavy atom. The topological polar surface area (TPSA) is 90.9 Å². The molecule has 0 bridgehead atoms. The number of esters is 1. The van der Waals surface area contributed by atoms with Crippen LogP contribution in [0.3, 0.4) is 0 Å². The first-order valence-electron chi connectivity index (χ1n) is 9.57. The van der Waals surface area contributed by atoms with E-state index in [-0.39, 0.29) is 30.5 Å². The summed E-state index contributed by atoms with van der Waals surface area (Å²) < 4.78 is 16.5. The van der Waals surface area contributed by atoms with E-state index in [9.17, 15) is 14.4 Å². The number of nitrogens with one attached hydrogen (secondary N) is 1. The zero-order chi connectivity index (χ0) is 22.9. The van der Waals surface area contributed by atoms with Crippen molar-refractivity contribution < 1.29 is 28.6 Å². The van der Waals surface area contributed by atoms with E-state index in [1.165, 1.54) is 12.1 Å². The number of hydrogen-bond donors (Lipinski definition) is 1. The third-order valence-corrected chi connectivity index (χ3v) is 4.84. The molecule has 0 radical (unpaired) electrons. The largest absolute Gasteiger partial charge is 0.497 e. The first-order chi connectivity index (χ1) is 15.4. The minimum atomic E-state index is -0.627. The Labute approximate surface area is 193 Å². The minimum absolute atomic E-state index is 0.206. The van der Waals surface area contributed by atoms with Crippen LogP contribution in [-0.2, 0) is 9.53 Å². The fourth-order valence-electron chi connectivity index (χ4n) is 2.67. The Morgan fingerprint density at radius 1 is 0.844 bits per heavy atom. The molecule has 3 rings (SSSR count). The van der Waals surface area contributed by atoms with Crippen LogP contribution in [0.25, 0.3) is 0 Å². The van der Waals surface area contributed by atoms with Crippen LogP contribution in [0.2, 0.25) is 0 Å². The first kappa shape index (κ1) is 23.0. The number of rotatable bonds is 9. The number of benzene rings is 3. The van der Waals surface area contributed by atoms with Gasteiger partial charge in [-0.1, -0.05) is 34.1 Å². The molecule has 0 unspecified atom stereocenters. The molecule has 0 aliphatic rings. The normalized spacial score (nSPS) is 10.2. The van der Waals surface area contributed by atoms with Gasteiger partial charge in [0.1, 0.15) is 11.5 Å². The molecule has 0 saturated heterocycles. The zero-order valence-electron chi connectivity index (χ0n) is 17.2. The number of halogens is 1. The molecule has 0 heterocycles. The lowest BCUT2D eigenvalue weighted by Crippen LogP contribution is -2.20. The van der Waals surface area contributed by atoms with E-state index in [1.807, 2.05) is 0 Å². The fourth-order valence-corrected chi connectivity index (χ4v) is 2.93. The Bertz CT molecular complexity index is 1100. The van der Waals surface area contributed by atoms with Crippen molar-refractivity contribution in [3.63, 3.8) is 0 Å². The molecule has 3 aromatic carbocycles. The maximum atomic E-state index is 12.2. The molecule has 7 nitrogen and oxygen atoms in total. The molecule has 0 atom stereocenters. The molecule has 164 valence electrons. The van der Waals surface area contributed by atoms with Crippen LogP contribution in [0.4, 0.5) is 5.69 Å². The summed E-state index contributed by atoms with van der Waals surface area (Å²) >= 11 is 3.30. The summed E-state index contributed by atoms with van der Waals surface area (Å²) in [7, 11) is 1.55. The monoisotopic (exact) mass is 497 g/mol. The number of Topliss-reactive ketones (excluding diaryl/α,β-unsaturated/α-hetero) is 1. The van der Waals surface area contributed by atoms with E-state index in [0.29, 0.717) is 22.7 Å². The SMILES string of the molecule is COc1cccc(NC(=O)COc2ccc(C(=O)OCC(=O)c3ccc(Br)cc3)cc2)c1. The molecular formula is C24H20BrNO6. The summed E-state index contributed by atoms with van der Waals surface area (Å²) in [5.41, 5.74) is 1.31. The highest BCUT2D eigenvalue weighted by molar-refractivity contribution is 9.10. The maximum absolute atomic E-state index is 12.2.